The average molecular weight is 388 g/mol. The van der Waals surface area contributed by atoms with Crippen LogP contribution in [-0.4, -0.2) is 39.2 Å². The molecule has 1 amide bonds. The molecule has 0 spiro atoms. The monoisotopic (exact) mass is 388 g/mol. The standard InChI is InChI=1S/C19H20N2O5S/c1-13(18(22)20-16-6-4-3-5-7-16)26-19(23)15-8-9-17-14(12-15)10-11-21(17)27(2,24)25/h3-9,12-13H,10-11H2,1-2H3,(H,20,22). The minimum atomic E-state index is -3.34. The first-order chi connectivity index (χ1) is 12.8. The lowest BCUT2D eigenvalue weighted by Gasteiger charge is -2.17. The van der Waals surface area contributed by atoms with Crippen molar-refractivity contribution in [2.45, 2.75) is 19.4 Å². The van der Waals surface area contributed by atoms with E-state index in [0.29, 0.717) is 24.3 Å². The van der Waals surface area contributed by atoms with E-state index in [1.807, 2.05) is 6.07 Å². The van der Waals surface area contributed by atoms with Crippen LogP contribution < -0.4 is 9.62 Å². The van der Waals surface area contributed by atoms with E-state index in [9.17, 15) is 18.0 Å². The zero-order chi connectivity index (χ0) is 19.6. The molecule has 3 rings (SSSR count). The summed E-state index contributed by atoms with van der Waals surface area (Å²) in [7, 11) is -3.34. The summed E-state index contributed by atoms with van der Waals surface area (Å²) in [5.41, 5.74) is 2.23. The Labute approximate surface area is 158 Å². The van der Waals surface area contributed by atoms with Gasteiger partial charge in [0.05, 0.1) is 17.5 Å². The van der Waals surface area contributed by atoms with E-state index in [4.69, 9.17) is 4.74 Å². The molecule has 1 atom stereocenters. The van der Waals surface area contributed by atoms with E-state index < -0.39 is 28.0 Å². The fourth-order valence-electron chi connectivity index (χ4n) is 2.89. The summed E-state index contributed by atoms with van der Waals surface area (Å²) in [6, 6.07) is 13.6. The van der Waals surface area contributed by atoms with Crippen LogP contribution in [-0.2, 0) is 26.0 Å². The summed E-state index contributed by atoms with van der Waals surface area (Å²) in [6.07, 6.45) is 0.698. The number of carbonyl (C=O) groups is 2. The maximum atomic E-state index is 12.4. The number of hydrogen-bond acceptors (Lipinski definition) is 5. The quantitative estimate of drug-likeness (QED) is 0.793. The zero-order valence-electron chi connectivity index (χ0n) is 15.0. The smallest absolute Gasteiger partial charge is 0.338 e. The van der Waals surface area contributed by atoms with Crippen LogP contribution in [0.2, 0.25) is 0 Å². The van der Waals surface area contributed by atoms with Gasteiger partial charge in [0.2, 0.25) is 10.0 Å². The maximum absolute atomic E-state index is 12.4. The van der Waals surface area contributed by atoms with Gasteiger partial charge in [-0.15, -0.1) is 0 Å². The van der Waals surface area contributed by atoms with Gasteiger partial charge in [-0.25, -0.2) is 13.2 Å². The van der Waals surface area contributed by atoms with Gasteiger partial charge in [-0.2, -0.15) is 0 Å². The van der Waals surface area contributed by atoms with Gasteiger partial charge in [-0.05, 0) is 49.2 Å². The predicted molar refractivity (Wildman–Crippen MR) is 102 cm³/mol. The molecule has 1 N–H and O–H groups in total. The molecule has 0 bridgehead atoms. The van der Waals surface area contributed by atoms with Crippen LogP contribution in [0.25, 0.3) is 0 Å². The SMILES string of the molecule is CC(OC(=O)c1ccc2c(c1)CCN2S(C)(=O)=O)C(=O)Nc1ccccc1. The molecule has 8 heteroatoms. The highest BCUT2D eigenvalue weighted by Crippen LogP contribution is 2.30. The minimum absolute atomic E-state index is 0.281. The minimum Gasteiger partial charge on any atom is -0.449 e. The van der Waals surface area contributed by atoms with Crippen molar-refractivity contribution in [1.82, 2.24) is 0 Å². The van der Waals surface area contributed by atoms with Gasteiger partial charge in [-0.3, -0.25) is 9.10 Å². The molecular formula is C19H20N2O5S. The number of hydrogen-bond donors (Lipinski definition) is 1. The summed E-state index contributed by atoms with van der Waals surface area (Å²) in [5.74, 6) is -1.06. The molecule has 1 aliphatic heterocycles. The number of esters is 1. The Balaban J connectivity index is 1.67. The van der Waals surface area contributed by atoms with E-state index in [0.717, 1.165) is 11.8 Å². The molecule has 7 nitrogen and oxygen atoms in total. The van der Waals surface area contributed by atoms with Crippen LogP contribution in [0.1, 0.15) is 22.8 Å². The van der Waals surface area contributed by atoms with Gasteiger partial charge in [-0.1, -0.05) is 18.2 Å². The molecular weight excluding hydrogens is 368 g/mol. The first-order valence-electron chi connectivity index (χ1n) is 8.43. The normalized spacial score (nSPS) is 14.4. The van der Waals surface area contributed by atoms with E-state index >= 15 is 0 Å². The van der Waals surface area contributed by atoms with Crippen LogP contribution in [0.15, 0.2) is 48.5 Å². The summed E-state index contributed by atoms with van der Waals surface area (Å²) in [5, 5.41) is 2.67. The number of fused-ring (bicyclic) bond motifs is 1. The van der Waals surface area contributed by atoms with E-state index in [1.165, 1.54) is 17.3 Å². The number of ether oxygens (including phenoxy) is 1. The van der Waals surface area contributed by atoms with Crippen LogP contribution >= 0.6 is 0 Å². The van der Waals surface area contributed by atoms with Crippen LogP contribution in [0, 0.1) is 0 Å². The topological polar surface area (TPSA) is 92.8 Å². The van der Waals surface area contributed by atoms with Gasteiger partial charge in [0.1, 0.15) is 0 Å². The molecule has 1 aliphatic rings. The van der Waals surface area contributed by atoms with Gasteiger partial charge in [0, 0.05) is 12.2 Å². The van der Waals surface area contributed by atoms with Gasteiger partial charge in [0.25, 0.3) is 5.91 Å². The lowest BCUT2D eigenvalue weighted by Crippen LogP contribution is -2.30. The van der Waals surface area contributed by atoms with Crippen molar-refractivity contribution in [3.63, 3.8) is 0 Å². The maximum Gasteiger partial charge on any atom is 0.338 e. The lowest BCUT2D eigenvalue weighted by atomic mass is 10.1. The third kappa shape index (κ3) is 4.28. The molecule has 0 saturated heterocycles. The Hall–Kier alpha value is -2.87. The Morgan fingerprint density at radius 1 is 1.15 bits per heavy atom. The van der Waals surface area contributed by atoms with E-state index in [2.05, 4.69) is 5.32 Å². The van der Waals surface area contributed by atoms with Gasteiger partial charge >= 0.3 is 5.97 Å². The van der Waals surface area contributed by atoms with Crippen molar-refractivity contribution in [3.05, 3.63) is 59.7 Å². The van der Waals surface area contributed by atoms with E-state index in [1.54, 1.807) is 36.4 Å². The van der Waals surface area contributed by atoms with Crippen molar-refractivity contribution >= 4 is 33.3 Å². The number of carbonyl (C=O) groups excluding carboxylic acids is 2. The van der Waals surface area contributed by atoms with Gasteiger partial charge in [0.15, 0.2) is 6.10 Å². The van der Waals surface area contributed by atoms with Crippen LogP contribution in [0.5, 0.6) is 0 Å². The summed E-state index contributed by atoms with van der Waals surface area (Å²) in [4.78, 5) is 24.5. The fourth-order valence-corrected chi connectivity index (χ4v) is 3.85. The highest BCUT2D eigenvalue weighted by Gasteiger charge is 2.27. The number of sulfonamides is 1. The molecule has 0 saturated carbocycles. The summed E-state index contributed by atoms with van der Waals surface area (Å²) in [6.45, 7) is 1.84. The van der Waals surface area contributed by atoms with Crippen molar-refractivity contribution in [1.29, 1.82) is 0 Å². The number of rotatable bonds is 5. The first-order valence-corrected chi connectivity index (χ1v) is 10.3. The Bertz CT molecular complexity index is 973. The number of anilines is 2. The summed E-state index contributed by atoms with van der Waals surface area (Å²) < 4.78 is 30.1. The second-order valence-electron chi connectivity index (χ2n) is 6.33. The molecule has 0 radical (unpaired) electrons. The molecule has 27 heavy (non-hydrogen) atoms. The third-order valence-corrected chi connectivity index (χ3v) is 5.44. The number of benzene rings is 2. The Morgan fingerprint density at radius 2 is 1.85 bits per heavy atom. The van der Waals surface area contributed by atoms with Crippen molar-refractivity contribution in [3.8, 4) is 0 Å². The average Bonchev–Trinajstić information content (AvgIpc) is 3.06. The van der Waals surface area contributed by atoms with Gasteiger partial charge < -0.3 is 10.1 Å². The lowest BCUT2D eigenvalue weighted by molar-refractivity contribution is -0.123. The number of nitrogens with zero attached hydrogens (tertiary/aromatic N) is 1. The second kappa shape index (κ2) is 7.40. The Kier molecular flexibility index (Phi) is 5.18. The van der Waals surface area contributed by atoms with Crippen LogP contribution in [0.3, 0.4) is 0 Å². The highest BCUT2D eigenvalue weighted by atomic mass is 32.2. The molecule has 0 fully saturated rings. The number of para-hydroxylation sites is 1. The van der Waals surface area contributed by atoms with Crippen molar-refractivity contribution in [2.75, 3.05) is 22.4 Å². The molecule has 1 heterocycles. The van der Waals surface area contributed by atoms with Crippen LogP contribution in [0.4, 0.5) is 11.4 Å². The third-order valence-electron chi connectivity index (χ3n) is 4.26. The van der Waals surface area contributed by atoms with E-state index in [-0.39, 0.29) is 5.56 Å². The fraction of sp³-hybridized carbons (Fsp3) is 0.263. The van der Waals surface area contributed by atoms with Crippen molar-refractivity contribution in [2.24, 2.45) is 0 Å². The largest absolute Gasteiger partial charge is 0.449 e. The highest BCUT2D eigenvalue weighted by molar-refractivity contribution is 7.92. The molecule has 142 valence electrons. The predicted octanol–water partition coefficient (Wildman–Crippen LogP) is 2.19. The molecule has 0 aromatic heterocycles. The van der Waals surface area contributed by atoms with Crippen molar-refractivity contribution < 1.29 is 22.7 Å². The molecule has 1 unspecified atom stereocenters. The molecule has 0 aliphatic carbocycles. The molecule has 2 aromatic carbocycles. The second-order valence-corrected chi connectivity index (χ2v) is 8.24. The summed E-state index contributed by atoms with van der Waals surface area (Å²) >= 11 is 0. The number of amides is 1. The first kappa shape index (κ1) is 18.9. The molecule has 2 aromatic rings. The number of nitrogens with one attached hydrogen (secondary N) is 1. The Morgan fingerprint density at radius 3 is 2.52 bits per heavy atom. The zero-order valence-corrected chi connectivity index (χ0v) is 15.8.